The van der Waals surface area contributed by atoms with Gasteiger partial charge in [-0.05, 0) is 25.2 Å². The summed E-state index contributed by atoms with van der Waals surface area (Å²) in [5.74, 6) is -0.206. The topological polar surface area (TPSA) is 104 Å². The molecule has 0 bridgehead atoms. The minimum absolute atomic E-state index is 0.0445. The van der Waals surface area contributed by atoms with Crippen LogP contribution in [-0.2, 0) is 15.4 Å². The summed E-state index contributed by atoms with van der Waals surface area (Å²) < 4.78 is 25.9. The Balaban J connectivity index is 2.30. The van der Waals surface area contributed by atoms with Gasteiger partial charge in [0.2, 0.25) is 10.0 Å². The van der Waals surface area contributed by atoms with E-state index in [4.69, 9.17) is 11.6 Å². The van der Waals surface area contributed by atoms with Gasteiger partial charge in [-0.1, -0.05) is 32.4 Å². The Kier molecular flexibility index (Phi) is 5.03. The van der Waals surface area contributed by atoms with Crippen LogP contribution in [-0.4, -0.2) is 31.6 Å². The fourth-order valence-electron chi connectivity index (χ4n) is 1.92. The van der Waals surface area contributed by atoms with Crippen molar-refractivity contribution in [1.29, 1.82) is 0 Å². The first-order valence-corrected chi connectivity index (χ1v) is 9.01. The maximum atomic E-state index is 12.4. The normalized spacial score (nSPS) is 12.2. The molecule has 0 aliphatic rings. The molecule has 0 unspecified atom stereocenters. The van der Waals surface area contributed by atoms with Crippen molar-refractivity contribution in [2.45, 2.75) is 31.1 Å². The van der Waals surface area contributed by atoms with Gasteiger partial charge in [-0.25, -0.2) is 13.1 Å². The predicted octanol–water partition coefficient (Wildman–Crippen LogP) is 2.52. The van der Waals surface area contributed by atoms with Crippen LogP contribution in [0.2, 0.25) is 5.02 Å². The van der Waals surface area contributed by atoms with E-state index in [1.54, 1.807) is 6.07 Å². The third-order valence-corrected chi connectivity index (χ3v) is 5.13. The Bertz CT molecular complexity index is 869. The summed E-state index contributed by atoms with van der Waals surface area (Å²) in [6, 6.07) is 5.64. The molecule has 7 nitrogen and oxygen atoms in total. The minimum atomic E-state index is -3.67. The molecule has 0 aliphatic heterocycles. The Morgan fingerprint density at radius 2 is 1.92 bits per heavy atom. The number of aromatic nitrogens is 2. The van der Waals surface area contributed by atoms with Gasteiger partial charge in [-0.15, -0.1) is 0 Å². The highest BCUT2D eigenvalue weighted by atomic mass is 35.5. The first kappa shape index (κ1) is 18.4. The van der Waals surface area contributed by atoms with E-state index in [0.717, 1.165) is 5.69 Å². The lowest BCUT2D eigenvalue weighted by Gasteiger charge is -2.14. The second-order valence-corrected chi connectivity index (χ2v) is 8.51. The third kappa shape index (κ3) is 3.95. The molecule has 0 saturated carbocycles. The number of benzene rings is 1. The van der Waals surface area contributed by atoms with Crippen LogP contribution in [0.5, 0.6) is 0 Å². The fraction of sp³-hybridized carbons (Fsp3) is 0.333. The van der Waals surface area contributed by atoms with Gasteiger partial charge in [0.25, 0.3) is 5.91 Å². The van der Waals surface area contributed by atoms with Crippen LogP contribution in [0.1, 0.15) is 36.8 Å². The molecule has 1 amide bonds. The van der Waals surface area contributed by atoms with Crippen molar-refractivity contribution < 1.29 is 13.2 Å². The summed E-state index contributed by atoms with van der Waals surface area (Å²) in [5, 5.41) is 9.65. The summed E-state index contributed by atoms with van der Waals surface area (Å²) >= 11 is 6.02. The number of nitrogens with one attached hydrogen (secondary N) is 3. The summed E-state index contributed by atoms with van der Waals surface area (Å²) in [5.41, 5.74) is 0.762. The molecule has 2 aromatic rings. The molecule has 0 fully saturated rings. The van der Waals surface area contributed by atoms with Crippen LogP contribution in [0.3, 0.4) is 0 Å². The van der Waals surface area contributed by atoms with Crippen molar-refractivity contribution in [1.82, 2.24) is 14.9 Å². The minimum Gasteiger partial charge on any atom is -0.305 e. The van der Waals surface area contributed by atoms with Gasteiger partial charge >= 0.3 is 0 Å². The summed E-state index contributed by atoms with van der Waals surface area (Å²) in [6.45, 7) is 6.03. The third-order valence-electron chi connectivity index (χ3n) is 3.39. The zero-order valence-corrected chi connectivity index (χ0v) is 15.3. The number of halogens is 1. The first-order chi connectivity index (χ1) is 11.0. The Hall–Kier alpha value is -1.90. The van der Waals surface area contributed by atoms with E-state index in [1.165, 1.54) is 25.2 Å². The number of carbonyl (C=O) groups excluding carboxylic acids is 1. The van der Waals surface area contributed by atoms with Gasteiger partial charge in [0, 0.05) is 17.2 Å². The van der Waals surface area contributed by atoms with Crippen molar-refractivity contribution in [2.24, 2.45) is 0 Å². The molecule has 2 rings (SSSR count). The fourth-order valence-corrected chi connectivity index (χ4v) is 2.88. The van der Waals surface area contributed by atoms with Crippen LogP contribution < -0.4 is 10.0 Å². The van der Waals surface area contributed by atoms with E-state index in [1.807, 2.05) is 20.8 Å². The number of carbonyl (C=O) groups is 1. The highest BCUT2D eigenvalue weighted by Gasteiger charge is 2.20. The molecule has 1 aromatic heterocycles. The highest BCUT2D eigenvalue weighted by Crippen LogP contribution is 2.24. The summed E-state index contributed by atoms with van der Waals surface area (Å²) in [7, 11) is -2.38. The van der Waals surface area contributed by atoms with E-state index >= 15 is 0 Å². The molecule has 24 heavy (non-hydrogen) atoms. The number of rotatable bonds is 4. The van der Waals surface area contributed by atoms with E-state index in [9.17, 15) is 13.2 Å². The number of aromatic amines is 1. The molecule has 130 valence electrons. The number of nitrogens with zero attached hydrogens (tertiary/aromatic N) is 1. The van der Waals surface area contributed by atoms with E-state index in [0.29, 0.717) is 5.82 Å². The standard InChI is InChI=1S/C15H19ClN4O3S/c1-15(2,3)12-8-13(20-19-12)18-14(21)10-7-9(5-6-11(10)16)24(22,23)17-4/h5-8,17H,1-4H3,(H2,18,19,20,21). The maximum Gasteiger partial charge on any atom is 0.258 e. The first-order valence-electron chi connectivity index (χ1n) is 7.15. The second-order valence-electron chi connectivity index (χ2n) is 6.22. The quantitative estimate of drug-likeness (QED) is 0.769. The van der Waals surface area contributed by atoms with Crippen molar-refractivity contribution in [2.75, 3.05) is 12.4 Å². The second kappa shape index (κ2) is 6.54. The average Bonchev–Trinajstić information content (AvgIpc) is 2.96. The van der Waals surface area contributed by atoms with Crippen molar-refractivity contribution >= 4 is 33.3 Å². The summed E-state index contributed by atoms with van der Waals surface area (Å²) in [6.07, 6.45) is 0. The molecule has 1 aromatic carbocycles. The number of H-pyrrole nitrogens is 1. The molecule has 0 spiro atoms. The number of amides is 1. The molecular weight excluding hydrogens is 352 g/mol. The molecule has 0 saturated heterocycles. The summed E-state index contributed by atoms with van der Waals surface area (Å²) in [4.78, 5) is 12.4. The predicted molar refractivity (Wildman–Crippen MR) is 92.9 cm³/mol. The molecular formula is C15H19ClN4O3S. The largest absolute Gasteiger partial charge is 0.305 e. The van der Waals surface area contributed by atoms with Crippen molar-refractivity contribution in [3.05, 3.63) is 40.5 Å². The molecule has 0 aliphatic carbocycles. The van der Waals surface area contributed by atoms with E-state index in [2.05, 4.69) is 20.2 Å². The van der Waals surface area contributed by atoms with Crippen molar-refractivity contribution in [3.63, 3.8) is 0 Å². The van der Waals surface area contributed by atoms with Gasteiger partial charge in [0.1, 0.15) is 0 Å². The zero-order valence-electron chi connectivity index (χ0n) is 13.8. The number of hydrogen-bond acceptors (Lipinski definition) is 4. The van der Waals surface area contributed by atoms with Gasteiger partial charge in [-0.3, -0.25) is 9.89 Å². The monoisotopic (exact) mass is 370 g/mol. The van der Waals surface area contributed by atoms with Crippen LogP contribution in [0.25, 0.3) is 0 Å². The van der Waals surface area contributed by atoms with E-state index in [-0.39, 0.29) is 20.9 Å². The van der Waals surface area contributed by atoms with Gasteiger partial charge in [0.05, 0.1) is 15.5 Å². The average molecular weight is 371 g/mol. The molecule has 3 N–H and O–H groups in total. The Morgan fingerprint density at radius 3 is 2.46 bits per heavy atom. The highest BCUT2D eigenvalue weighted by molar-refractivity contribution is 7.89. The lowest BCUT2D eigenvalue weighted by atomic mass is 9.92. The smallest absolute Gasteiger partial charge is 0.258 e. The van der Waals surface area contributed by atoms with Gasteiger partial charge < -0.3 is 5.32 Å². The molecule has 9 heteroatoms. The zero-order chi connectivity index (χ0) is 18.1. The Morgan fingerprint density at radius 1 is 1.25 bits per heavy atom. The number of sulfonamides is 1. The number of anilines is 1. The number of hydrogen-bond donors (Lipinski definition) is 3. The van der Waals surface area contributed by atoms with E-state index < -0.39 is 15.9 Å². The van der Waals surface area contributed by atoms with Crippen LogP contribution in [0.4, 0.5) is 5.82 Å². The maximum absolute atomic E-state index is 12.4. The molecule has 0 radical (unpaired) electrons. The van der Waals surface area contributed by atoms with Gasteiger partial charge in [-0.2, -0.15) is 5.10 Å². The lowest BCUT2D eigenvalue weighted by molar-refractivity contribution is 0.102. The van der Waals surface area contributed by atoms with Crippen LogP contribution in [0.15, 0.2) is 29.2 Å². The van der Waals surface area contributed by atoms with Crippen molar-refractivity contribution in [3.8, 4) is 0 Å². The SMILES string of the molecule is CNS(=O)(=O)c1ccc(Cl)c(C(=O)Nc2cc(C(C)(C)C)[nH]n2)c1. The van der Waals surface area contributed by atoms with Crippen LogP contribution in [0, 0.1) is 0 Å². The Labute approximate surface area is 145 Å². The lowest BCUT2D eigenvalue weighted by Crippen LogP contribution is -2.20. The van der Waals surface area contributed by atoms with Gasteiger partial charge in [0.15, 0.2) is 5.82 Å². The molecule has 1 heterocycles. The van der Waals surface area contributed by atoms with Crippen LogP contribution >= 0.6 is 11.6 Å². The molecule has 0 atom stereocenters.